The van der Waals surface area contributed by atoms with Crippen LogP contribution < -0.4 is 0 Å². The molecule has 4 aromatic rings. The Bertz CT molecular complexity index is 1800. The number of aromatic nitrogens is 2. The van der Waals surface area contributed by atoms with Gasteiger partial charge in [0, 0.05) is 76.7 Å². The zero-order valence-electron chi connectivity index (χ0n) is 28.0. The summed E-state index contributed by atoms with van der Waals surface area (Å²) in [6, 6.07) is 16.7. The highest BCUT2D eigenvalue weighted by molar-refractivity contribution is 5.90. The molecule has 6 nitrogen and oxygen atoms in total. The number of nitrogens with one attached hydrogen (secondary N) is 2. The molecule has 6 heterocycles. The average molecular weight is 619 g/mol. The first kappa shape index (κ1) is 29.1. The highest BCUT2D eigenvalue weighted by atomic mass is 16.5. The second-order valence-corrected chi connectivity index (χ2v) is 15.6. The van der Waals surface area contributed by atoms with Crippen molar-refractivity contribution < 1.29 is 9.53 Å². The Labute approximate surface area is 273 Å². The van der Waals surface area contributed by atoms with Crippen LogP contribution in [0.25, 0.3) is 21.8 Å². The number of methoxy groups -OCH3 is 1. The molecule has 6 heteroatoms. The number of fused-ring (bicyclic) bond motifs is 9. The first-order valence-electron chi connectivity index (χ1n) is 18.2. The molecule has 0 spiro atoms. The van der Waals surface area contributed by atoms with Crippen LogP contribution in [0.1, 0.15) is 85.9 Å². The van der Waals surface area contributed by atoms with Gasteiger partial charge < -0.3 is 19.6 Å². The third-order valence-corrected chi connectivity index (χ3v) is 13.6. The summed E-state index contributed by atoms with van der Waals surface area (Å²) in [6.07, 6.45) is 8.05. The Morgan fingerprint density at radius 2 is 1.74 bits per heavy atom. The number of ether oxygens (including phenoxy) is 1. The van der Waals surface area contributed by atoms with E-state index in [1.54, 1.807) is 18.4 Å². The van der Waals surface area contributed by atoms with Crippen molar-refractivity contribution in [3.8, 4) is 0 Å². The molecule has 0 radical (unpaired) electrons. The van der Waals surface area contributed by atoms with Crippen LogP contribution in [-0.4, -0.2) is 71.6 Å². The van der Waals surface area contributed by atoms with Gasteiger partial charge in [-0.2, -0.15) is 0 Å². The van der Waals surface area contributed by atoms with Crippen LogP contribution in [0, 0.1) is 29.6 Å². The molecule has 6 bridgehead atoms. The van der Waals surface area contributed by atoms with Gasteiger partial charge in [-0.25, -0.2) is 0 Å². The molecule has 2 N–H and O–H groups in total. The normalized spacial score (nSPS) is 35.3. The lowest BCUT2D eigenvalue weighted by molar-refractivity contribution is -0.155. The molecule has 2 aromatic heterocycles. The Kier molecular flexibility index (Phi) is 6.94. The third-order valence-electron chi connectivity index (χ3n) is 13.6. The van der Waals surface area contributed by atoms with E-state index in [0.29, 0.717) is 17.9 Å². The van der Waals surface area contributed by atoms with E-state index < -0.39 is 0 Å². The van der Waals surface area contributed by atoms with Crippen LogP contribution in [0.15, 0.2) is 42.5 Å². The molecule has 4 aliphatic heterocycles. The van der Waals surface area contributed by atoms with Gasteiger partial charge in [0.15, 0.2) is 0 Å². The first-order valence-corrected chi connectivity index (χ1v) is 18.2. The van der Waals surface area contributed by atoms with E-state index in [1.807, 2.05) is 0 Å². The molecule has 242 valence electrons. The van der Waals surface area contributed by atoms with Crippen LogP contribution in [0.4, 0.5) is 0 Å². The summed E-state index contributed by atoms with van der Waals surface area (Å²) >= 11 is 0. The van der Waals surface area contributed by atoms with Gasteiger partial charge >= 0.3 is 5.97 Å². The fraction of sp³-hybridized carbons (Fsp3) is 0.575. The lowest BCUT2D eigenvalue weighted by Crippen LogP contribution is -2.56. The fourth-order valence-electron chi connectivity index (χ4n) is 11.7. The Balaban J connectivity index is 1.24. The minimum absolute atomic E-state index is 0.0331. The smallest absolute Gasteiger partial charge is 0.310 e. The summed E-state index contributed by atoms with van der Waals surface area (Å²) in [5.41, 5.74) is 9.81. The predicted octanol–water partition coefficient (Wildman–Crippen LogP) is 7.23. The highest BCUT2D eigenvalue weighted by Gasteiger charge is 2.51. The number of carbonyl (C=O) groups excluding carboxylic acids is 1. The number of piperidine rings is 3. The van der Waals surface area contributed by atoms with Crippen molar-refractivity contribution in [1.29, 1.82) is 0 Å². The largest absolute Gasteiger partial charge is 0.469 e. The summed E-state index contributed by atoms with van der Waals surface area (Å²) < 4.78 is 5.60. The van der Waals surface area contributed by atoms with Gasteiger partial charge in [0.1, 0.15) is 0 Å². The van der Waals surface area contributed by atoms with E-state index in [9.17, 15) is 4.79 Å². The van der Waals surface area contributed by atoms with Crippen molar-refractivity contribution in [1.82, 2.24) is 19.8 Å². The van der Waals surface area contributed by atoms with E-state index in [4.69, 9.17) is 4.74 Å². The summed E-state index contributed by atoms with van der Waals surface area (Å²) in [5, 5.41) is 2.73. The van der Waals surface area contributed by atoms with Gasteiger partial charge in [0.25, 0.3) is 0 Å². The monoisotopic (exact) mass is 618 g/mol. The number of esters is 1. The lowest BCUT2D eigenvalue weighted by atomic mass is 9.64. The van der Waals surface area contributed by atoms with Gasteiger partial charge in [0.05, 0.1) is 13.0 Å². The quantitative estimate of drug-likeness (QED) is 0.237. The zero-order valence-corrected chi connectivity index (χ0v) is 28.0. The van der Waals surface area contributed by atoms with Crippen molar-refractivity contribution in [2.24, 2.45) is 29.6 Å². The molecule has 10 rings (SSSR count). The molecule has 6 aliphatic rings. The Morgan fingerprint density at radius 3 is 2.57 bits per heavy atom. The molecule has 3 saturated heterocycles. The summed E-state index contributed by atoms with van der Waals surface area (Å²) in [7, 11) is 3.81. The summed E-state index contributed by atoms with van der Waals surface area (Å²) in [5.74, 6) is 2.97. The van der Waals surface area contributed by atoms with Gasteiger partial charge in [-0.05, 0) is 85.6 Å². The molecule has 10 atom stereocenters. The maximum atomic E-state index is 13.7. The average Bonchev–Trinajstić information content (AvgIpc) is 3.61. The number of H-pyrrole nitrogens is 2. The van der Waals surface area contributed by atoms with Gasteiger partial charge in [-0.1, -0.05) is 63.1 Å². The number of rotatable bonds is 4. The summed E-state index contributed by atoms with van der Waals surface area (Å²) in [4.78, 5) is 27.2. The topological polar surface area (TPSA) is 64.4 Å². The molecule has 46 heavy (non-hydrogen) atoms. The van der Waals surface area contributed by atoms with Crippen molar-refractivity contribution in [2.45, 2.75) is 82.7 Å². The van der Waals surface area contributed by atoms with Crippen molar-refractivity contribution >= 4 is 27.8 Å². The van der Waals surface area contributed by atoms with Gasteiger partial charge in [-0.15, -0.1) is 0 Å². The minimum Gasteiger partial charge on any atom is -0.469 e. The van der Waals surface area contributed by atoms with Crippen LogP contribution in [0.2, 0.25) is 0 Å². The molecule has 4 fully saturated rings. The standard InChI is InChI=1S/C40H50N4O2/c1-5-23-16-22-17-32-37-28(14-15-44(20-22)39(23)32)26-11-9-12-27(36(26)42-37)30-18-29-24(6-2)21-43(3)34(35(29)40(45)46-4)19-31-25-10-7-8-13-33(25)41-38(30)31/h7-13,22-24,29-30,32,34-35,39,41-42H,5-6,14-21H2,1-4H3/t22-,23+,24-,29-,30+,32+,34-,35+,39+/m1/s1. The Hall–Kier alpha value is -3.09. The van der Waals surface area contributed by atoms with Gasteiger partial charge in [0.2, 0.25) is 0 Å². The Morgan fingerprint density at radius 1 is 0.913 bits per heavy atom. The van der Waals surface area contributed by atoms with E-state index >= 15 is 0 Å². The van der Waals surface area contributed by atoms with Crippen molar-refractivity contribution in [3.63, 3.8) is 0 Å². The number of hydrogen-bond donors (Lipinski definition) is 2. The number of carbonyl (C=O) groups is 1. The fourth-order valence-corrected chi connectivity index (χ4v) is 11.7. The molecule has 2 aliphatic carbocycles. The number of hydrogen-bond acceptors (Lipinski definition) is 4. The van der Waals surface area contributed by atoms with Crippen molar-refractivity contribution in [3.05, 3.63) is 70.5 Å². The van der Waals surface area contributed by atoms with E-state index in [0.717, 1.165) is 44.1 Å². The number of likely N-dealkylation sites (N-methyl/N-ethyl adjacent to an activating group) is 1. The number of para-hydroxylation sites is 2. The maximum Gasteiger partial charge on any atom is 0.310 e. The van der Waals surface area contributed by atoms with E-state index in [2.05, 4.69) is 83.1 Å². The van der Waals surface area contributed by atoms with Crippen molar-refractivity contribution in [2.75, 3.05) is 33.8 Å². The molecule has 2 aromatic carbocycles. The number of likely N-dealkylation sites (tertiary alicyclic amines) is 1. The molecule has 1 unspecified atom stereocenters. The van der Waals surface area contributed by atoms with Crippen LogP contribution in [0.3, 0.4) is 0 Å². The number of aromatic amines is 2. The predicted molar refractivity (Wildman–Crippen MR) is 184 cm³/mol. The second kappa shape index (κ2) is 11.0. The first-order chi connectivity index (χ1) is 22.5. The summed E-state index contributed by atoms with van der Waals surface area (Å²) in [6.45, 7) is 8.23. The van der Waals surface area contributed by atoms with Crippen LogP contribution in [0.5, 0.6) is 0 Å². The SMILES string of the molecule is CC[C@@H]1CN(C)[C@@H]2Cc3c([nH]c4ccccc34)[C@H](c3cccc4c5c([nH]c34)[C@@H]3C[C@H]4C[C@H](CC)[C@@H]3N(CC5)C4)C[C@H]1[C@@H]2C(=O)OC. The van der Waals surface area contributed by atoms with Crippen LogP contribution >= 0.6 is 0 Å². The third kappa shape index (κ3) is 4.18. The number of benzene rings is 2. The highest BCUT2D eigenvalue weighted by Crippen LogP contribution is 2.53. The minimum atomic E-state index is -0.132. The van der Waals surface area contributed by atoms with E-state index in [-0.39, 0.29) is 29.8 Å². The maximum absolute atomic E-state index is 13.7. The molecule has 1 saturated carbocycles. The molecular weight excluding hydrogens is 568 g/mol. The molecular formula is C40H50N4O2. The van der Waals surface area contributed by atoms with Crippen LogP contribution in [-0.2, 0) is 22.4 Å². The van der Waals surface area contributed by atoms with E-state index in [1.165, 1.54) is 71.0 Å². The molecule has 0 amide bonds. The lowest BCUT2D eigenvalue weighted by Gasteiger charge is -2.53. The number of nitrogens with zero attached hydrogens (tertiary/aromatic N) is 2. The zero-order chi connectivity index (χ0) is 31.3. The van der Waals surface area contributed by atoms with Gasteiger partial charge in [-0.3, -0.25) is 9.69 Å². The second-order valence-electron chi connectivity index (χ2n) is 15.6.